The molecule has 0 amide bonds. The van der Waals surface area contributed by atoms with E-state index in [1.54, 1.807) is 18.5 Å². The second-order valence-corrected chi connectivity index (χ2v) is 5.03. The topological polar surface area (TPSA) is 64.4 Å². The number of ether oxygens (including phenoxy) is 1. The summed E-state index contributed by atoms with van der Waals surface area (Å²) in [4.78, 5) is 11.0. The molecule has 0 aromatic carbocycles. The van der Waals surface area contributed by atoms with E-state index in [0.717, 1.165) is 0 Å². The van der Waals surface area contributed by atoms with E-state index in [0.29, 0.717) is 30.1 Å². The van der Waals surface area contributed by atoms with Gasteiger partial charge in [0.1, 0.15) is 5.56 Å². The van der Waals surface area contributed by atoms with Gasteiger partial charge in [-0.3, -0.25) is 4.68 Å². The van der Waals surface area contributed by atoms with Crippen LogP contribution in [0.25, 0.3) is 0 Å². The summed E-state index contributed by atoms with van der Waals surface area (Å²) in [6, 6.07) is 0. The van der Waals surface area contributed by atoms with E-state index in [4.69, 9.17) is 9.84 Å². The van der Waals surface area contributed by atoms with Gasteiger partial charge in [-0.1, -0.05) is 0 Å². The van der Waals surface area contributed by atoms with E-state index in [1.807, 2.05) is 20.8 Å². The maximum absolute atomic E-state index is 11.0. The van der Waals surface area contributed by atoms with Crippen molar-refractivity contribution in [1.82, 2.24) is 9.78 Å². The average molecular weight is 240 g/mol. The summed E-state index contributed by atoms with van der Waals surface area (Å²) in [6.45, 7) is 10.5. The Labute approximate surface area is 101 Å². The second-order valence-electron chi connectivity index (χ2n) is 5.03. The molecule has 96 valence electrons. The molecule has 0 bridgehead atoms. The van der Waals surface area contributed by atoms with E-state index < -0.39 is 5.97 Å². The maximum atomic E-state index is 11.0. The van der Waals surface area contributed by atoms with Crippen LogP contribution in [0.1, 0.15) is 42.5 Å². The second kappa shape index (κ2) is 4.87. The Bertz CT molecular complexity index is 416. The lowest BCUT2D eigenvalue weighted by atomic mass is 10.2. The lowest BCUT2D eigenvalue weighted by molar-refractivity contribution is -0.00813. The Morgan fingerprint density at radius 2 is 2.00 bits per heavy atom. The summed E-state index contributed by atoms with van der Waals surface area (Å²) in [6.07, 6.45) is 0. The fraction of sp³-hybridized carbons (Fsp3) is 0.667. The number of carboxylic acid groups (broad SMARTS) is 1. The summed E-state index contributed by atoms with van der Waals surface area (Å²) in [5, 5.41) is 13.2. The van der Waals surface area contributed by atoms with E-state index in [1.165, 1.54) is 0 Å². The molecule has 0 fully saturated rings. The Balaban J connectivity index is 2.74. The van der Waals surface area contributed by atoms with Gasteiger partial charge in [-0.2, -0.15) is 5.10 Å². The van der Waals surface area contributed by atoms with Gasteiger partial charge in [0.05, 0.1) is 30.1 Å². The number of rotatable bonds is 4. The van der Waals surface area contributed by atoms with Crippen LogP contribution in [0, 0.1) is 13.8 Å². The van der Waals surface area contributed by atoms with E-state index in [-0.39, 0.29) is 5.60 Å². The Morgan fingerprint density at radius 1 is 1.41 bits per heavy atom. The first-order valence-corrected chi connectivity index (χ1v) is 5.63. The van der Waals surface area contributed by atoms with Crippen molar-refractivity contribution < 1.29 is 14.6 Å². The number of hydrogen-bond donors (Lipinski definition) is 1. The Hall–Kier alpha value is -1.36. The molecule has 0 aliphatic rings. The molecule has 0 saturated heterocycles. The van der Waals surface area contributed by atoms with Gasteiger partial charge in [0, 0.05) is 0 Å². The standard InChI is InChI=1S/C12H20N2O3/c1-8-10(11(15)16)9(2)14(13-8)6-7-17-12(3,4)5/h6-7H2,1-5H3,(H,15,16). The number of aromatic carboxylic acids is 1. The molecule has 0 saturated carbocycles. The van der Waals surface area contributed by atoms with Crippen LogP contribution in [0.15, 0.2) is 0 Å². The molecular weight excluding hydrogens is 220 g/mol. The van der Waals surface area contributed by atoms with Crippen molar-refractivity contribution in [3.63, 3.8) is 0 Å². The first-order valence-electron chi connectivity index (χ1n) is 5.63. The summed E-state index contributed by atoms with van der Waals surface area (Å²) in [7, 11) is 0. The zero-order valence-electron chi connectivity index (χ0n) is 11.1. The van der Waals surface area contributed by atoms with Crippen molar-refractivity contribution in [2.45, 2.75) is 46.8 Å². The third-order valence-corrected chi connectivity index (χ3v) is 2.43. The highest BCUT2D eigenvalue weighted by Gasteiger charge is 2.18. The number of aromatic nitrogens is 2. The average Bonchev–Trinajstić information content (AvgIpc) is 2.39. The van der Waals surface area contributed by atoms with Crippen molar-refractivity contribution in [2.24, 2.45) is 0 Å². The van der Waals surface area contributed by atoms with E-state index >= 15 is 0 Å². The SMILES string of the molecule is Cc1nn(CCOC(C)(C)C)c(C)c1C(=O)O. The van der Waals surface area contributed by atoms with Gasteiger partial charge in [0.15, 0.2) is 0 Å². The lowest BCUT2D eigenvalue weighted by Gasteiger charge is -2.19. The summed E-state index contributed by atoms with van der Waals surface area (Å²) in [5.74, 6) is -0.928. The van der Waals surface area contributed by atoms with Gasteiger partial charge in [-0.05, 0) is 34.6 Å². The molecule has 1 N–H and O–H groups in total. The normalized spacial score (nSPS) is 11.8. The number of aryl methyl sites for hydroxylation is 1. The smallest absolute Gasteiger partial charge is 0.339 e. The maximum Gasteiger partial charge on any atom is 0.339 e. The third-order valence-electron chi connectivity index (χ3n) is 2.43. The zero-order valence-corrected chi connectivity index (χ0v) is 11.1. The molecular formula is C12H20N2O3. The van der Waals surface area contributed by atoms with Crippen LogP contribution in [0.4, 0.5) is 0 Å². The molecule has 0 aliphatic heterocycles. The van der Waals surface area contributed by atoms with Crippen LogP contribution in [0.5, 0.6) is 0 Å². The molecule has 0 aliphatic carbocycles. The molecule has 1 aromatic heterocycles. The first-order chi connectivity index (χ1) is 7.72. The molecule has 5 nitrogen and oxygen atoms in total. The van der Waals surface area contributed by atoms with Gasteiger partial charge in [0.25, 0.3) is 0 Å². The molecule has 5 heteroatoms. The molecule has 17 heavy (non-hydrogen) atoms. The lowest BCUT2D eigenvalue weighted by Crippen LogP contribution is -2.22. The van der Waals surface area contributed by atoms with Crippen molar-refractivity contribution in [3.8, 4) is 0 Å². The van der Waals surface area contributed by atoms with Crippen molar-refractivity contribution in [2.75, 3.05) is 6.61 Å². The van der Waals surface area contributed by atoms with Gasteiger partial charge in [-0.25, -0.2) is 4.79 Å². The minimum Gasteiger partial charge on any atom is -0.478 e. The molecule has 0 spiro atoms. The molecule has 0 atom stereocenters. The van der Waals surface area contributed by atoms with E-state index in [2.05, 4.69) is 5.10 Å². The Kier molecular flexibility index (Phi) is 3.93. The molecule has 0 unspecified atom stereocenters. The largest absolute Gasteiger partial charge is 0.478 e. The number of carbonyl (C=O) groups is 1. The van der Waals surface area contributed by atoms with Crippen LogP contribution in [-0.2, 0) is 11.3 Å². The van der Waals surface area contributed by atoms with E-state index in [9.17, 15) is 4.79 Å². The highest BCUT2D eigenvalue weighted by Crippen LogP contribution is 2.13. The van der Waals surface area contributed by atoms with Crippen molar-refractivity contribution in [3.05, 3.63) is 17.0 Å². The summed E-state index contributed by atoms with van der Waals surface area (Å²) >= 11 is 0. The summed E-state index contributed by atoms with van der Waals surface area (Å²) < 4.78 is 7.27. The minimum absolute atomic E-state index is 0.189. The fourth-order valence-corrected chi connectivity index (χ4v) is 1.66. The van der Waals surface area contributed by atoms with Crippen LogP contribution in [0.3, 0.4) is 0 Å². The minimum atomic E-state index is -0.928. The number of hydrogen-bond acceptors (Lipinski definition) is 3. The molecule has 1 heterocycles. The van der Waals surface area contributed by atoms with Crippen LogP contribution in [-0.4, -0.2) is 33.1 Å². The van der Waals surface area contributed by atoms with Crippen LogP contribution in [0.2, 0.25) is 0 Å². The predicted octanol–water partition coefficient (Wildman–Crippen LogP) is 2.01. The fourth-order valence-electron chi connectivity index (χ4n) is 1.66. The monoisotopic (exact) mass is 240 g/mol. The molecule has 0 radical (unpaired) electrons. The van der Waals surface area contributed by atoms with Gasteiger partial charge in [-0.15, -0.1) is 0 Å². The zero-order chi connectivity index (χ0) is 13.2. The number of nitrogens with zero attached hydrogens (tertiary/aromatic N) is 2. The van der Waals surface area contributed by atoms with Crippen LogP contribution < -0.4 is 0 Å². The van der Waals surface area contributed by atoms with Gasteiger partial charge in [0.2, 0.25) is 0 Å². The van der Waals surface area contributed by atoms with Crippen LogP contribution >= 0.6 is 0 Å². The highest BCUT2D eigenvalue weighted by molar-refractivity contribution is 5.90. The van der Waals surface area contributed by atoms with Crippen molar-refractivity contribution in [1.29, 1.82) is 0 Å². The predicted molar refractivity (Wildman–Crippen MR) is 64.4 cm³/mol. The molecule has 1 aromatic rings. The van der Waals surface area contributed by atoms with Crippen molar-refractivity contribution >= 4 is 5.97 Å². The summed E-state index contributed by atoms with van der Waals surface area (Å²) in [5.41, 5.74) is 1.32. The third kappa shape index (κ3) is 3.56. The number of carboxylic acids is 1. The highest BCUT2D eigenvalue weighted by atomic mass is 16.5. The molecule has 1 rings (SSSR count). The quantitative estimate of drug-likeness (QED) is 0.874. The van der Waals surface area contributed by atoms with Gasteiger partial charge >= 0.3 is 5.97 Å². The Morgan fingerprint density at radius 3 is 2.41 bits per heavy atom. The van der Waals surface area contributed by atoms with Gasteiger partial charge < -0.3 is 9.84 Å². The first kappa shape index (κ1) is 13.7.